The van der Waals surface area contributed by atoms with E-state index in [1.165, 1.54) is 0 Å². The molecule has 92 valence electrons. The molecule has 17 heavy (non-hydrogen) atoms. The quantitative estimate of drug-likeness (QED) is 0.785. The zero-order valence-corrected chi connectivity index (χ0v) is 12.7. The van der Waals surface area contributed by atoms with Crippen LogP contribution in [-0.4, -0.2) is 34.2 Å². The maximum Gasteiger partial charge on any atom is 0.159 e. The van der Waals surface area contributed by atoms with Crippen LogP contribution in [0.5, 0.6) is 0 Å². The number of alkyl halides is 1. The van der Waals surface area contributed by atoms with Gasteiger partial charge in [0, 0.05) is 29.2 Å². The van der Waals surface area contributed by atoms with Crippen molar-refractivity contribution in [1.82, 2.24) is 4.90 Å². The van der Waals surface area contributed by atoms with Gasteiger partial charge in [-0.15, -0.1) is 0 Å². The summed E-state index contributed by atoms with van der Waals surface area (Å²) in [4.78, 5) is 6.71. The molecule has 0 bridgehead atoms. The van der Waals surface area contributed by atoms with Gasteiger partial charge in [-0.2, -0.15) is 0 Å². The van der Waals surface area contributed by atoms with E-state index in [1.54, 1.807) is 0 Å². The van der Waals surface area contributed by atoms with Crippen LogP contribution in [0.3, 0.4) is 0 Å². The van der Waals surface area contributed by atoms with Crippen LogP contribution in [0.1, 0.15) is 5.56 Å². The Bertz CT molecular complexity index is 425. The van der Waals surface area contributed by atoms with E-state index in [1.807, 2.05) is 30.0 Å². The summed E-state index contributed by atoms with van der Waals surface area (Å²) in [6, 6.07) is 7.95. The van der Waals surface area contributed by atoms with Gasteiger partial charge in [0.1, 0.15) is 0 Å². The highest BCUT2D eigenvalue weighted by atomic mass is 79.9. The second-order valence-corrected chi connectivity index (χ2v) is 6.29. The SMILES string of the molecule is CN(Cc1ccccc1Cl)C1=NCC(CBr)S1. The molecule has 0 N–H and O–H groups in total. The van der Waals surface area contributed by atoms with Crippen LogP contribution in [0, 0.1) is 0 Å². The molecule has 1 aromatic carbocycles. The number of benzene rings is 1. The van der Waals surface area contributed by atoms with E-state index in [-0.39, 0.29) is 0 Å². The normalized spacial score (nSPS) is 19.2. The molecular formula is C12H14BrClN2S. The molecule has 1 aliphatic heterocycles. The summed E-state index contributed by atoms with van der Waals surface area (Å²) in [6.07, 6.45) is 0. The molecule has 1 aliphatic rings. The largest absolute Gasteiger partial charge is 0.350 e. The van der Waals surface area contributed by atoms with E-state index >= 15 is 0 Å². The molecule has 0 saturated carbocycles. The smallest absolute Gasteiger partial charge is 0.159 e. The van der Waals surface area contributed by atoms with Gasteiger partial charge in [0.15, 0.2) is 5.17 Å². The van der Waals surface area contributed by atoms with Crippen LogP contribution in [-0.2, 0) is 6.54 Å². The Morgan fingerprint density at radius 1 is 1.53 bits per heavy atom. The Labute approximate surface area is 120 Å². The summed E-state index contributed by atoms with van der Waals surface area (Å²) in [7, 11) is 2.06. The zero-order chi connectivity index (χ0) is 12.3. The van der Waals surface area contributed by atoms with E-state index in [9.17, 15) is 0 Å². The van der Waals surface area contributed by atoms with Crippen molar-refractivity contribution < 1.29 is 0 Å². The van der Waals surface area contributed by atoms with Gasteiger partial charge in [-0.25, -0.2) is 0 Å². The van der Waals surface area contributed by atoms with Crippen molar-refractivity contribution >= 4 is 44.5 Å². The van der Waals surface area contributed by atoms with Crippen LogP contribution >= 0.6 is 39.3 Å². The third-order valence-corrected chi connectivity index (χ3v) is 5.45. The molecule has 2 nitrogen and oxygen atoms in total. The van der Waals surface area contributed by atoms with Crippen LogP contribution < -0.4 is 0 Å². The molecule has 0 saturated heterocycles. The average molecular weight is 334 g/mol. The van der Waals surface area contributed by atoms with Gasteiger partial charge in [0.2, 0.25) is 0 Å². The number of rotatable bonds is 3. The lowest BCUT2D eigenvalue weighted by molar-refractivity contribution is 0.510. The fourth-order valence-corrected chi connectivity index (χ4v) is 3.34. The molecule has 0 spiro atoms. The van der Waals surface area contributed by atoms with Crippen LogP contribution in [0.15, 0.2) is 29.3 Å². The number of amidine groups is 1. The summed E-state index contributed by atoms with van der Waals surface area (Å²) < 4.78 is 0. The number of nitrogens with zero attached hydrogens (tertiary/aromatic N) is 2. The third kappa shape index (κ3) is 3.39. The predicted octanol–water partition coefficient (Wildman–Crippen LogP) is 3.64. The van der Waals surface area contributed by atoms with Gasteiger partial charge in [-0.1, -0.05) is 57.5 Å². The van der Waals surface area contributed by atoms with E-state index in [0.717, 1.165) is 34.2 Å². The molecule has 0 aromatic heterocycles. The highest BCUT2D eigenvalue weighted by Crippen LogP contribution is 2.26. The lowest BCUT2D eigenvalue weighted by Crippen LogP contribution is -2.23. The second kappa shape index (κ2) is 6.12. The maximum absolute atomic E-state index is 6.15. The molecule has 0 amide bonds. The molecule has 2 rings (SSSR count). The highest BCUT2D eigenvalue weighted by molar-refractivity contribution is 9.09. The summed E-state index contributed by atoms with van der Waals surface area (Å²) >= 11 is 11.5. The molecule has 0 fully saturated rings. The number of halogens is 2. The van der Waals surface area contributed by atoms with Crippen molar-refractivity contribution in [2.75, 3.05) is 18.9 Å². The summed E-state index contributed by atoms with van der Waals surface area (Å²) in [5.74, 6) is 0. The number of aliphatic imine (C=N–C) groups is 1. The maximum atomic E-state index is 6.15. The first-order valence-electron chi connectivity index (χ1n) is 5.42. The van der Waals surface area contributed by atoms with Gasteiger partial charge in [0.05, 0.1) is 6.54 Å². The van der Waals surface area contributed by atoms with Crippen molar-refractivity contribution in [3.63, 3.8) is 0 Å². The first kappa shape index (κ1) is 13.2. The molecule has 1 atom stereocenters. The van der Waals surface area contributed by atoms with E-state index in [4.69, 9.17) is 11.6 Å². The molecular weight excluding hydrogens is 320 g/mol. The van der Waals surface area contributed by atoms with E-state index in [0.29, 0.717) is 5.25 Å². The Hall–Kier alpha value is -0.190. The van der Waals surface area contributed by atoms with Crippen LogP contribution in [0.2, 0.25) is 5.02 Å². The summed E-state index contributed by atoms with van der Waals surface area (Å²) in [5, 5.41) is 3.48. The Balaban J connectivity index is 1.98. The third-order valence-electron chi connectivity index (χ3n) is 2.57. The number of hydrogen-bond acceptors (Lipinski definition) is 3. The van der Waals surface area contributed by atoms with Gasteiger partial charge in [-0.05, 0) is 11.6 Å². The van der Waals surface area contributed by atoms with Gasteiger partial charge < -0.3 is 4.90 Å². The van der Waals surface area contributed by atoms with Crippen molar-refractivity contribution in [1.29, 1.82) is 0 Å². The summed E-state index contributed by atoms with van der Waals surface area (Å²) in [5.41, 5.74) is 1.14. The standard InChI is InChI=1S/C12H14BrClN2S/c1-16(12-15-7-10(6-13)17-12)8-9-4-2-3-5-11(9)14/h2-5,10H,6-8H2,1H3. The minimum Gasteiger partial charge on any atom is -0.350 e. The van der Waals surface area contributed by atoms with Crippen molar-refractivity contribution in [2.45, 2.75) is 11.8 Å². The van der Waals surface area contributed by atoms with Gasteiger partial charge in [0.25, 0.3) is 0 Å². The number of hydrogen-bond donors (Lipinski definition) is 0. The molecule has 1 aromatic rings. The van der Waals surface area contributed by atoms with Crippen molar-refractivity contribution in [2.24, 2.45) is 4.99 Å². The van der Waals surface area contributed by atoms with Crippen LogP contribution in [0.25, 0.3) is 0 Å². The van der Waals surface area contributed by atoms with Crippen LogP contribution in [0.4, 0.5) is 0 Å². The lowest BCUT2D eigenvalue weighted by Gasteiger charge is -2.19. The van der Waals surface area contributed by atoms with Gasteiger partial charge in [-0.3, -0.25) is 4.99 Å². The fourth-order valence-electron chi connectivity index (χ4n) is 1.64. The topological polar surface area (TPSA) is 15.6 Å². The first-order chi connectivity index (χ1) is 8.20. The first-order valence-corrected chi connectivity index (χ1v) is 7.80. The lowest BCUT2D eigenvalue weighted by atomic mass is 10.2. The molecule has 1 unspecified atom stereocenters. The zero-order valence-electron chi connectivity index (χ0n) is 9.57. The van der Waals surface area contributed by atoms with Crippen molar-refractivity contribution in [3.05, 3.63) is 34.9 Å². The Morgan fingerprint density at radius 3 is 2.94 bits per heavy atom. The minimum absolute atomic E-state index is 0.568. The molecule has 5 heteroatoms. The Morgan fingerprint density at radius 2 is 2.29 bits per heavy atom. The summed E-state index contributed by atoms with van der Waals surface area (Å²) in [6.45, 7) is 1.71. The predicted molar refractivity (Wildman–Crippen MR) is 80.4 cm³/mol. The highest BCUT2D eigenvalue weighted by Gasteiger charge is 2.21. The fraction of sp³-hybridized carbons (Fsp3) is 0.417. The minimum atomic E-state index is 0.568. The average Bonchev–Trinajstić information content (AvgIpc) is 2.81. The number of thioether (sulfide) groups is 1. The van der Waals surface area contributed by atoms with Gasteiger partial charge >= 0.3 is 0 Å². The van der Waals surface area contributed by atoms with E-state index in [2.05, 4.69) is 38.9 Å². The molecule has 1 heterocycles. The molecule has 0 radical (unpaired) electrons. The molecule has 0 aliphatic carbocycles. The second-order valence-electron chi connectivity index (χ2n) is 3.96. The monoisotopic (exact) mass is 332 g/mol. The van der Waals surface area contributed by atoms with E-state index < -0.39 is 0 Å². The van der Waals surface area contributed by atoms with Crippen molar-refractivity contribution in [3.8, 4) is 0 Å². The Kier molecular flexibility index (Phi) is 4.77.